The number of halogens is 1. The van der Waals surface area contributed by atoms with E-state index in [0.29, 0.717) is 18.7 Å². The molecule has 0 unspecified atom stereocenters. The Morgan fingerprint density at radius 3 is 2.61 bits per heavy atom. The summed E-state index contributed by atoms with van der Waals surface area (Å²) in [5.74, 6) is 0.812. The summed E-state index contributed by atoms with van der Waals surface area (Å²) in [6, 6.07) is 15.3. The summed E-state index contributed by atoms with van der Waals surface area (Å²) < 4.78 is 6.37. The molecular formula is C18H16BrNO2S. The van der Waals surface area contributed by atoms with Gasteiger partial charge in [-0.3, -0.25) is 4.79 Å². The number of hydrogen-bond donors (Lipinski definition) is 0. The van der Waals surface area contributed by atoms with Crippen molar-refractivity contribution in [1.29, 1.82) is 0 Å². The molecule has 118 valence electrons. The molecule has 0 bridgehead atoms. The molecule has 3 nitrogen and oxygen atoms in total. The first-order chi connectivity index (χ1) is 11.2. The number of thiophene rings is 1. The van der Waals surface area contributed by atoms with Crippen molar-refractivity contribution < 1.29 is 9.21 Å². The van der Waals surface area contributed by atoms with Gasteiger partial charge in [-0.25, -0.2) is 0 Å². The first-order valence-electron chi connectivity index (χ1n) is 7.32. The lowest BCUT2D eigenvalue weighted by Gasteiger charge is -2.21. The normalized spacial score (nSPS) is 10.7. The van der Waals surface area contributed by atoms with Crippen LogP contribution in [0.25, 0.3) is 0 Å². The number of carbonyl (C=O) groups is 1. The summed E-state index contributed by atoms with van der Waals surface area (Å²) in [7, 11) is 0. The maximum atomic E-state index is 12.8. The molecule has 0 aliphatic heterocycles. The van der Waals surface area contributed by atoms with Crippen molar-refractivity contribution in [3.63, 3.8) is 0 Å². The minimum absolute atomic E-state index is 0.0189. The molecule has 0 fully saturated rings. The number of nitrogens with zero attached hydrogens (tertiary/aromatic N) is 1. The van der Waals surface area contributed by atoms with Crippen LogP contribution in [0.5, 0.6) is 0 Å². The fraction of sp³-hybridized carbons (Fsp3) is 0.167. The topological polar surface area (TPSA) is 33.5 Å². The van der Waals surface area contributed by atoms with Crippen molar-refractivity contribution >= 4 is 33.2 Å². The standard InChI is InChI=1S/C18H16BrNO2S/c19-15-7-5-14(6-8-15)18(21)20(13-16-3-1-11-22-16)10-9-17-4-2-12-23-17/h1-8,11-12H,9-10,13H2. The van der Waals surface area contributed by atoms with E-state index in [0.717, 1.165) is 16.7 Å². The van der Waals surface area contributed by atoms with Gasteiger partial charge in [0.2, 0.25) is 0 Å². The largest absolute Gasteiger partial charge is 0.467 e. The van der Waals surface area contributed by atoms with Gasteiger partial charge >= 0.3 is 0 Å². The maximum absolute atomic E-state index is 12.8. The second-order valence-corrected chi connectivity index (χ2v) is 7.09. The highest BCUT2D eigenvalue weighted by molar-refractivity contribution is 9.10. The Morgan fingerprint density at radius 2 is 1.96 bits per heavy atom. The van der Waals surface area contributed by atoms with Gasteiger partial charge in [-0.15, -0.1) is 11.3 Å². The molecule has 0 saturated carbocycles. The van der Waals surface area contributed by atoms with Crippen molar-refractivity contribution in [2.75, 3.05) is 6.54 Å². The van der Waals surface area contributed by atoms with Crippen LogP contribution in [-0.4, -0.2) is 17.4 Å². The monoisotopic (exact) mass is 389 g/mol. The van der Waals surface area contributed by atoms with Crippen LogP contribution >= 0.6 is 27.3 Å². The smallest absolute Gasteiger partial charge is 0.254 e. The molecule has 0 radical (unpaired) electrons. The van der Waals surface area contributed by atoms with Gasteiger partial charge in [0.05, 0.1) is 12.8 Å². The zero-order valence-electron chi connectivity index (χ0n) is 12.4. The second kappa shape index (κ2) is 7.62. The molecule has 0 aliphatic rings. The zero-order valence-corrected chi connectivity index (χ0v) is 14.8. The van der Waals surface area contributed by atoms with Crippen molar-refractivity contribution in [2.45, 2.75) is 13.0 Å². The summed E-state index contributed by atoms with van der Waals surface area (Å²) in [6.07, 6.45) is 2.48. The van der Waals surface area contributed by atoms with Crippen molar-refractivity contribution in [3.05, 3.63) is 80.8 Å². The molecule has 23 heavy (non-hydrogen) atoms. The van der Waals surface area contributed by atoms with Crippen molar-refractivity contribution in [2.24, 2.45) is 0 Å². The lowest BCUT2D eigenvalue weighted by atomic mass is 10.2. The minimum Gasteiger partial charge on any atom is -0.467 e. The van der Waals surface area contributed by atoms with Crippen LogP contribution in [0, 0.1) is 0 Å². The van der Waals surface area contributed by atoms with Gasteiger partial charge < -0.3 is 9.32 Å². The third-order valence-electron chi connectivity index (χ3n) is 3.51. The molecule has 1 aromatic carbocycles. The van der Waals surface area contributed by atoms with E-state index >= 15 is 0 Å². The summed E-state index contributed by atoms with van der Waals surface area (Å²) in [4.78, 5) is 15.9. The van der Waals surface area contributed by atoms with Crippen LogP contribution in [0.2, 0.25) is 0 Å². The molecule has 1 amide bonds. The zero-order chi connectivity index (χ0) is 16.1. The number of amides is 1. The average Bonchev–Trinajstić information content (AvgIpc) is 3.25. The molecule has 0 atom stereocenters. The minimum atomic E-state index is 0.0189. The van der Waals surface area contributed by atoms with Crippen LogP contribution in [0.3, 0.4) is 0 Å². The van der Waals surface area contributed by atoms with Crippen molar-refractivity contribution in [3.8, 4) is 0 Å². The highest BCUT2D eigenvalue weighted by Gasteiger charge is 2.17. The highest BCUT2D eigenvalue weighted by atomic mass is 79.9. The maximum Gasteiger partial charge on any atom is 0.254 e. The molecule has 3 aromatic rings. The Morgan fingerprint density at radius 1 is 1.13 bits per heavy atom. The van der Waals surface area contributed by atoms with Gasteiger partial charge in [-0.1, -0.05) is 22.0 Å². The second-order valence-electron chi connectivity index (χ2n) is 5.14. The predicted molar refractivity (Wildman–Crippen MR) is 95.6 cm³/mol. The number of benzene rings is 1. The lowest BCUT2D eigenvalue weighted by Crippen LogP contribution is -2.32. The number of carbonyl (C=O) groups excluding carboxylic acids is 1. The molecule has 2 heterocycles. The van der Waals surface area contributed by atoms with Crippen LogP contribution < -0.4 is 0 Å². The molecule has 0 spiro atoms. The van der Waals surface area contributed by atoms with Gasteiger partial charge in [0.15, 0.2) is 0 Å². The Balaban J connectivity index is 1.75. The summed E-state index contributed by atoms with van der Waals surface area (Å²) in [6.45, 7) is 1.14. The van der Waals surface area contributed by atoms with E-state index in [1.165, 1.54) is 4.88 Å². The number of hydrogen-bond acceptors (Lipinski definition) is 3. The molecule has 2 aromatic heterocycles. The van der Waals surface area contributed by atoms with E-state index in [1.807, 2.05) is 47.4 Å². The van der Waals surface area contributed by atoms with Gasteiger partial charge in [0.25, 0.3) is 5.91 Å². The number of rotatable bonds is 6. The Kier molecular flexibility index (Phi) is 5.31. The van der Waals surface area contributed by atoms with E-state index in [4.69, 9.17) is 4.42 Å². The summed E-state index contributed by atoms with van der Waals surface area (Å²) in [5, 5.41) is 2.06. The lowest BCUT2D eigenvalue weighted by molar-refractivity contribution is 0.0734. The van der Waals surface area contributed by atoms with E-state index in [2.05, 4.69) is 27.4 Å². The Hall–Kier alpha value is -1.85. The molecule has 5 heteroatoms. The third kappa shape index (κ3) is 4.33. The molecule has 0 saturated heterocycles. The van der Waals surface area contributed by atoms with Crippen LogP contribution in [0.4, 0.5) is 0 Å². The van der Waals surface area contributed by atoms with Crippen LogP contribution in [0.1, 0.15) is 21.0 Å². The fourth-order valence-electron chi connectivity index (χ4n) is 2.32. The van der Waals surface area contributed by atoms with Gasteiger partial charge in [0, 0.05) is 21.5 Å². The predicted octanol–water partition coefficient (Wildman–Crippen LogP) is 4.99. The van der Waals surface area contributed by atoms with E-state index < -0.39 is 0 Å². The fourth-order valence-corrected chi connectivity index (χ4v) is 3.28. The van der Waals surface area contributed by atoms with Gasteiger partial charge in [-0.2, -0.15) is 0 Å². The number of furan rings is 1. The quantitative estimate of drug-likeness (QED) is 0.594. The summed E-state index contributed by atoms with van der Waals surface area (Å²) in [5.41, 5.74) is 0.686. The SMILES string of the molecule is O=C(c1ccc(Br)cc1)N(CCc1cccs1)Cc1ccco1. The van der Waals surface area contributed by atoms with Crippen molar-refractivity contribution in [1.82, 2.24) is 4.90 Å². The van der Waals surface area contributed by atoms with Crippen LogP contribution in [-0.2, 0) is 13.0 Å². The van der Waals surface area contributed by atoms with E-state index in [1.54, 1.807) is 17.6 Å². The molecule has 0 N–H and O–H groups in total. The first-order valence-corrected chi connectivity index (χ1v) is 8.99. The van der Waals surface area contributed by atoms with Gasteiger partial charge in [0.1, 0.15) is 5.76 Å². The summed E-state index contributed by atoms with van der Waals surface area (Å²) >= 11 is 5.11. The van der Waals surface area contributed by atoms with Gasteiger partial charge in [-0.05, 0) is 54.3 Å². The van der Waals surface area contributed by atoms with E-state index in [-0.39, 0.29) is 5.91 Å². The Bertz CT molecular complexity index is 736. The van der Waals surface area contributed by atoms with E-state index in [9.17, 15) is 4.79 Å². The Labute approximate surface area is 147 Å². The molecule has 0 aliphatic carbocycles. The first kappa shape index (κ1) is 16.0. The molecule has 3 rings (SSSR count). The average molecular weight is 390 g/mol. The molecular weight excluding hydrogens is 374 g/mol. The third-order valence-corrected chi connectivity index (χ3v) is 4.98. The van der Waals surface area contributed by atoms with Crippen LogP contribution in [0.15, 0.2) is 69.1 Å². The highest BCUT2D eigenvalue weighted by Crippen LogP contribution is 2.16.